The predicted molar refractivity (Wildman–Crippen MR) is 98.3 cm³/mol. The highest BCUT2D eigenvalue weighted by atomic mass is 35.5. The van der Waals surface area contributed by atoms with Gasteiger partial charge in [-0.25, -0.2) is 14.6 Å². The van der Waals surface area contributed by atoms with Crippen LogP contribution in [0, 0.1) is 6.92 Å². The molecule has 156 valence electrons. The van der Waals surface area contributed by atoms with Gasteiger partial charge in [-0.3, -0.25) is 9.20 Å². The number of nitrogens with zero attached hydrogens (tertiary/aromatic N) is 2. The average Bonchev–Trinajstić information content (AvgIpc) is 2.97. The van der Waals surface area contributed by atoms with Crippen LogP contribution in [0.5, 0.6) is 0 Å². The minimum absolute atomic E-state index is 0.0570. The molecule has 30 heavy (non-hydrogen) atoms. The van der Waals surface area contributed by atoms with Crippen LogP contribution < -0.4 is 5.32 Å². The first-order valence-corrected chi connectivity index (χ1v) is 8.44. The lowest BCUT2D eigenvalue weighted by atomic mass is 10.1. The quantitative estimate of drug-likeness (QED) is 0.563. The van der Waals surface area contributed by atoms with E-state index in [1.807, 2.05) is 0 Å². The van der Waals surface area contributed by atoms with Crippen molar-refractivity contribution in [2.24, 2.45) is 0 Å². The van der Waals surface area contributed by atoms with Gasteiger partial charge in [-0.2, -0.15) is 13.2 Å². The van der Waals surface area contributed by atoms with Crippen molar-refractivity contribution in [3.63, 3.8) is 0 Å². The maximum absolute atomic E-state index is 13.1. The first-order chi connectivity index (χ1) is 13.9. The van der Waals surface area contributed by atoms with E-state index in [2.05, 4.69) is 10.3 Å². The third-order valence-electron chi connectivity index (χ3n) is 4.08. The molecule has 0 spiro atoms. The number of hydrogen-bond donors (Lipinski definition) is 3. The van der Waals surface area contributed by atoms with Crippen LogP contribution in [0.4, 0.5) is 18.9 Å². The van der Waals surface area contributed by atoms with Gasteiger partial charge in [0.15, 0.2) is 5.65 Å². The Morgan fingerprint density at radius 3 is 2.13 bits per heavy atom. The number of carboxylic acid groups (broad SMARTS) is 2. The zero-order chi connectivity index (χ0) is 22.4. The minimum atomic E-state index is -4.73. The van der Waals surface area contributed by atoms with Crippen molar-refractivity contribution in [3.8, 4) is 0 Å². The molecule has 0 saturated heterocycles. The van der Waals surface area contributed by atoms with Crippen LogP contribution in [0.3, 0.4) is 0 Å². The second kappa shape index (κ2) is 7.34. The van der Waals surface area contributed by atoms with Crippen molar-refractivity contribution < 1.29 is 37.8 Å². The smallest absolute Gasteiger partial charge is 0.417 e. The van der Waals surface area contributed by atoms with Crippen molar-refractivity contribution in [1.29, 1.82) is 0 Å². The number of benzene rings is 1. The van der Waals surface area contributed by atoms with E-state index in [0.29, 0.717) is 12.3 Å². The van der Waals surface area contributed by atoms with Crippen LogP contribution >= 0.6 is 11.6 Å². The number of nitrogens with one attached hydrogen (secondary N) is 1. The van der Waals surface area contributed by atoms with E-state index in [1.165, 1.54) is 6.92 Å². The summed E-state index contributed by atoms with van der Waals surface area (Å²) in [6.45, 7) is 1.38. The molecule has 0 aliphatic carbocycles. The number of aromatic nitrogens is 2. The summed E-state index contributed by atoms with van der Waals surface area (Å²) in [6, 6.07) is 3.61. The molecule has 0 aliphatic heterocycles. The predicted octanol–water partition coefficient (Wildman–Crippen LogP) is 3.96. The Balaban J connectivity index is 2.10. The van der Waals surface area contributed by atoms with E-state index < -0.39 is 40.7 Å². The van der Waals surface area contributed by atoms with Gasteiger partial charge >= 0.3 is 18.1 Å². The van der Waals surface area contributed by atoms with Gasteiger partial charge in [0.25, 0.3) is 5.91 Å². The Hall–Kier alpha value is -3.60. The number of halogens is 4. The molecule has 12 heteroatoms. The number of rotatable bonds is 4. The molecule has 2 aromatic heterocycles. The van der Waals surface area contributed by atoms with Crippen LogP contribution in [0.1, 0.15) is 42.5 Å². The third kappa shape index (κ3) is 3.92. The number of pyridine rings is 1. The fourth-order valence-electron chi connectivity index (χ4n) is 2.78. The van der Waals surface area contributed by atoms with E-state index in [0.717, 1.165) is 22.6 Å². The minimum Gasteiger partial charge on any atom is -0.478 e. The molecule has 0 radical (unpaired) electrons. The van der Waals surface area contributed by atoms with E-state index in [4.69, 9.17) is 21.8 Å². The number of alkyl halides is 3. The van der Waals surface area contributed by atoms with Crippen molar-refractivity contribution >= 4 is 40.8 Å². The van der Waals surface area contributed by atoms with Crippen LogP contribution in [0.15, 0.2) is 30.5 Å². The number of carbonyl (C=O) groups excluding carboxylic acids is 1. The standard InChI is InChI=1S/C18H11ClF3N3O5/c1-7-13(25-6-10(18(20,21)22)5-12(19)14(25)23-7)15(26)24-11-3-8(16(27)28)2-9(4-11)17(29)30/h2-6H,1H3,(H,24,26)(H,27,28)(H,29,30). The van der Waals surface area contributed by atoms with E-state index in [1.54, 1.807) is 0 Å². The summed E-state index contributed by atoms with van der Waals surface area (Å²) < 4.78 is 40.2. The number of amides is 1. The molecular formula is C18H11ClF3N3O5. The molecule has 0 aliphatic rings. The summed E-state index contributed by atoms with van der Waals surface area (Å²) in [6.07, 6.45) is -4.07. The Bertz CT molecular complexity index is 1190. The molecular weight excluding hydrogens is 431 g/mol. The van der Waals surface area contributed by atoms with Crippen molar-refractivity contribution in [1.82, 2.24) is 9.38 Å². The van der Waals surface area contributed by atoms with Gasteiger partial charge in [0, 0.05) is 11.9 Å². The lowest BCUT2D eigenvalue weighted by molar-refractivity contribution is -0.137. The molecule has 0 atom stereocenters. The number of fused-ring (bicyclic) bond motifs is 1. The van der Waals surface area contributed by atoms with Gasteiger partial charge in [0.05, 0.1) is 27.4 Å². The Morgan fingerprint density at radius 2 is 1.63 bits per heavy atom. The van der Waals surface area contributed by atoms with Gasteiger partial charge in [0.1, 0.15) is 5.69 Å². The largest absolute Gasteiger partial charge is 0.478 e. The molecule has 3 N–H and O–H groups in total. The number of aryl methyl sites for hydroxylation is 1. The highest BCUT2D eigenvalue weighted by Gasteiger charge is 2.33. The summed E-state index contributed by atoms with van der Waals surface area (Å²) in [5.41, 5.74) is -2.39. The molecule has 3 rings (SSSR count). The van der Waals surface area contributed by atoms with Gasteiger partial charge in [-0.05, 0) is 31.2 Å². The lowest BCUT2D eigenvalue weighted by Gasteiger charge is -2.11. The normalized spacial score (nSPS) is 11.5. The second-order valence-corrected chi connectivity index (χ2v) is 6.58. The van der Waals surface area contributed by atoms with E-state index >= 15 is 0 Å². The monoisotopic (exact) mass is 441 g/mol. The van der Waals surface area contributed by atoms with Gasteiger partial charge in [0.2, 0.25) is 0 Å². The van der Waals surface area contributed by atoms with Gasteiger partial charge in [-0.1, -0.05) is 11.6 Å². The zero-order valence-corrected chi connectivity index (χ0v) is 15.7. The number of aromatic carboxylic acids is 2. The fourth-order valence-corrected chi connectivity index (χ4v) is 3.03. The summed E-state index contributed by atoms with van der Waals surface area (Å²) in [5.74, 6) is -3.79. The van der Waals surface area contributed by atoms with Crippen LogP contribution in [0.25, 0.3) is 5.65 Å². The summed E-state index contributed by atoms with van der Waals surface area (Å²) in [4.78, 5) is 39.2. The molecule has 0 saturated carbocycles. The second-order valence-electron chi connectivity index (χ2n) is 6.18. The van der Waals surface area contributed by atoms with Crippen LogP contribution in [-0.2, 0) is 6.18 Å². The van der Waals surface area contributed by atoms with Crippen LogP contribution in [0.2, 0.25) is 5.02 Å². The molecule has 1 amide bonds. The lowest BCUT2D eigenvalue weighted by Crippen LogP contribution is -2.17. The fraction of sp³-hybridized carbons (Fsp3) is 0.111. The van der Waals surface area contributed by atoms with Crippen molar-refractivity contribution in [2.75, 3.05) is 5.32 Å². The third-order valence-corrected chi connectivity index (χ3v) is 4.35. The number of carbonyl (C=O) groups is 3. The zero-order valence-electron chi connectivity index (χ0n) is 14.9. The molecule has 1 aromatic carbocycles. The Morgan fingerprint density at radius 1 is 1.07 bits per heavy atom. The molecule has 2 heterocycles. The summed E-state index contributed by atoms with van der Waals surface area (Å²) in [7, 11) is 0. The highest BCUT2D eigenvalue weighted by molar-refractivity contribution is 6.33. The highest BCUT2D eigenvalue weighted by Crippen LogP contribution is 2.33. The number of carboxylic acids is 2. The number of imidazole rings is 1. The molecule has 0 fully saturated rings. The summed E-state index contributed by atoms with van der Waals surface area (Å²) in [5, 5.41) is 20.2. The summed E-state index contributed by atoms with van der Waals surface area (Å²) >= 11 is 5.88. The maximum Gasteiger partial charge on any atom is 0.417 e. The van der Waals surface area contributed by atoms with Gasteiger partial charge in [-0.15, -0.1) is 0 Å². The maximum atomic E-state index is 13.1. The van der Waals surface area contributed by atoms with E-state index in [-0.39, 0.29) is 27.7 Å². The van der Waals surface area contributed by atoms with E-state index in [9.17, 15) is 27.6 Å². The average molecular weight is 442 g/mol. The van der Waals surface area contributed by atoms with Crippen LogP contribution in [-0.4, -0.2) is 37.4 Å². The van der Waals surface area contributed by atoms with Gasteiger partial charge < -0.3 is 15.5 Å². The Kier molecular flexibility index (Phi) is 5.16. The topological polar surface area (TPSA) is 121 Å². The molecule has 8 nitrogen and oxygen atoms in total. The number of hydrogen-bond acceptors (Lipinski definition) is 4. The SMILES string of the molecule is Cc1nc2c(Cl)cc(C(F)(F)F)cn2c1C(=O)Nc1cc(C(=O)O)cc(C(=O)O)c1. The molecule has 3 aromatic rings. The van der Waals surface area contributed by atoms with Crippen molar-refractivity contribution in [2.45, 2.75) is 13.1 Å². The molecule has 0 unspecified atom stereocenters. The molecule has 0 bridgehead atoms. The number of anilines is 1. The van der Waals surface area contributed by atoms with Crippen molar-refractivity contribution in [3.05, 3.63) is 63.6 Å². The Labute approximate surface area is 170 Å². The first-order valence-electron chi connectivity index (χ1n) is 8.07. The first kappa shape index (κ1) is 21.1.